The van der Waals surface area contributed by atoms with Gasteiger partial charge in [-0.25, -0.2) is 0 Å². The molecule has 3 N–H and O–H groups in total. The molecule has 6 atom stereocenters. The Hall–Kier alpha value is -0.900. The summed E-state index contributed by atoms with van der Waals surface area (Å²) in [5.41, 5.74) is 3.54. The molecule has 188 valence electrons. The van der Waals surface area contributed by atoms with Crippen LogP contribution in [0.4, 0.5) is 0 Å². The molecule has 3 nitrogen and oxygen atoms in total. The molecule has 3 aliphatic rings. The molecule has 2 unspecified atom stereocenters. The lowest BCUT2D eigenvalue weighted by atomic mass is 9.60. The Kier molecular flexibility index (Phi) is 9.08. The summed E-state index contributed by atoms with van der Waals surface area (Å²) in [5, 5.41) is 30.9. The third-order valence-electron chi connectivity index (χ3n) is 9.08. The van der Waals surface area contributed by atoms with Crippen LogP contribution in [0.3, 0.4) is 0 Å². The molecule has 0 bridgehead atoms. The lowest BCUT2D eigenvalue weighted by molar-refractivity contribution is 0.0596. The molecule has 0 aromatic rings. The fraction of sp³-hybridized carbons (Fsp3) is 0.800. The van der Waals surface area contributed by atoms with Gasteiger partial charge in [0.25, 0.3) is 0 Å². The molecule has 3 aliphatic carbocycles. The summed E-state index contributed by atoms with van der Waals surface area (Å²) in [6.07, 6.45) is 18.6. The van der Waals surface area contributed by atoms with E-state index in [1.54, 1.807) is 5.57 Å². The number of aliphatic hydroxyl groups excluding tert-OH is 2. The van der Waals surface area contributed by atoms with E-state index in [2.05, 4.69) is 26.0 Å². The van der Waals surface area contributed by atoms with Gasteiger partial charge in [-0.15, -0.1) is 0 Å². The average molecular weight is 459 g/mol. The summed E-state index contributed by atoms with van der Waals surface area (Å²) in [5.74, 6) is 2.23. The quantitative estimate of drug-likeness (QED) is 0.348. The summed E-state index contributed by atoms with van der Waals surface area (Å²) in [6.45, 7) is 10.9. The van der Waals surface area contributed by atoms with Gasteiger partial charge in [-0.1, -0.05) is 63.0 Å². The van der Waals surface area contributed by atoms with Crippen LogP contribution in [0.15, 0.2) is 34.9 Å². The Morgan fingerprint density at radius 2 is 1.79 bits per heavy atom. The predicted octanol–water partition coefficient (Wildman–Crippen LogP) is 6.88. The number of allylic oxidation sites excluding steroid dienone is 4. The first-order valence-electron chi connectivity index (χ1n) is 13.7. The minimum absolute atomic E-state index is 0.419. The van der Waals surface area contributed by atoms with Crippen LogP contribution in [0.2, 0.25) is 0 Å². The summed E-state index contributed by atoms with van der Waals surface area (Å²) in [7, 11) is 0. The molecule has 3 fully saturated rings. The Morgan fingerprint density at radius 1 is 1.09 bits per heavy atom. The summed E-state index contributed by atoms with van der Waals surface area (Å²) in [6, 6.07) is 0. The first kappa shape index (κ1) is 26.7. The molecule has 3 heteroatoms. The van der Waals surface area contributed by atoms with E-state index in [1.165, 1.54) is 44.1 Å². The van der Waals surface area contributed by atoms with Crippen LogP contribution < -0.4 is 0 Å². The molecule has 0 radical (unpaired) electrons. The van der Waals surface area contributed by atoms with Crippen molar-refractivity contribution in [2.75, 3.05) is 0 Å². The standard InChI is InChI=1S/C30H50O3/c1-6-10-24-27(31)19-22(20-28(24)32)12-7-13-23-14-9-18-30(5)25(15-16-26(23)30)21(2)11-8-17-29(3,4)33/h10,12-13,21,25-28,31-33H,6-9,11,14-20H2,1-5H3/b22-12?,23-13+,24-10?/t21-,25?,26?,27-,28-,30-/m1/s1. The van der Waals surface area contributed by atoms with Crippen molar-refractivity contribution in [3.8, 4) is 0 Å². The highest BCUT2D eigenvalue weighted by Crippen LogP contribution is 2.60. The van der Waals surface area contributed by atoms with Crippen molar-refractivity contribution >= 4 is 0 Å². The molecule has 0 saturated heterocycles. The Morgan fingerprint density at radius 3 is 2.42 bits per heavy atom. The van der Waals surface area contributed by atoms with Gasteiger partial charge in [0, 0.05) is 0 Å². The predicted molar refractivity (Wildman–Crippen MR) is 138 cm³/mol. The maximum atomic E-state index is 10.4. The Labute approximate surface area is 203 Å². The van der Waals surface area contributed by atoms with E-state index in [0.29, 0.717) is 24.2 Å². The molecule has 3 rings (SSSR count). The highest BCUT2D eigenvalue weighted by molar-refractivity contribution is 5.27. The molecule has 33 heavy (non-hydrogen) atoms. The Bertz CT molecular complexity index is 724. The molecular weight excluding hydrogens is 408 g/mol. The van der Waals surface area contributed by atoms with Gasteiger partial charge in [0.2, 0.25) is 0 Å². The molecular formula is C30H50O3. The van der Waals surface area contributed by atoms with E-state index in [9.17, 15) is 15.3 Å². The van der Waals surface area contributed by atoms with E-state index in [-0.39, 0.29) is 0 Å². The zero-order valence-corrected chi connectivity index (χ0v) is 21.9. The lowest BCUT2D eigenvalue weighted by Crippen LogP contribution is -2.36. The van der Waals surface area contributed by atoms with Crippen LogP contribution in [-0.2, 0) is 0 Å². The fourth-order valence-electron chi connectivity index (χ4n) is 7.41. The normalized spacial score (nSPS) is 35.0. The van der Waals surface area contributed by atoms with Gasteiger partial charge >= 0.3 is 0 Å². The van der Waals surface area contributed by atoms with Gasteiger partial charge in [-0.3, -0.25) is 0 Å². The minimum atomic E-state index is -0.546. The van der Waals surface area contributed by atoms with Crippen molar-refractivity contribution in [1.29, 1.82) is 0 Å². The van der Waals surface area contributed by atoms with Crippen molar-refractivity contribution in [2.24, 2.45) is 23.2 Å². The van der Waals surface area contributed by atoms with Gasteiger partial charge in [0.05, 0.1) is 17.8 Å². The van der Waals surface area contributed by atoms with E-state index in [0.717, 1.165) is 43.1 Å². The highest BCUT2D eigenvalue weighted by atomic mass is 16.3. The molecule has 0 amide bonds. The van der Waals surface area contributed by atoms with Crippen molar-refractivity contribution in [1.82, 2.24) is 0 Å². The third-order valence-corrected chi connectivity index (χ3v) is 9.08. The first-order chi connectivity index (χ1) is 15.5. The molecule has 3 saturated carbocycles. The van der Waals surface area contributed by atoms with E-state index < -0.39 is 17.8 Å². The summed E-state index contributed by atoms with van der Waals surface area (Å²) >= 11 is 0. The SMILES string of the molecule is CCC=C1[C@H](O)CC(=CC/C=C2\CCC[C@@]3(C)C2CCC3[C@H](C)CCCC(C)(C)O)C[C@H]1O. The van der Waals surface area contributed by atoms with Crippen LogP contribution in [0.1, 0.15) is 112 Å². The van der Waals surface area contributed by atoms with Gasteiger partial charge in [0.1, 0.15) is 0 Å². The van der Waals surface area contributed by atoms with Crippen LogP contribution >= 0.6 is 0 Å². The van der Waals surface area contributed by atoms with Gasteiger partial charge in [0.15, 0.2) is 0 Å². The fourth-order valence-corrected chi connectivity index (χ4v) is 7.41. The largest absolute Gasteiger partial charge is 0.390 e. The van der Waals surface area contributed by atoms with E-state index in [4.69, 9.17) is 0 Å². The second kappa shape index (κ2) is 11.2. The molecule has 0 aromatic carbocycles. The van der Waals surface area contributed by atoms with Gasteiger partial charge in [-0.05, 0) is 107 Å². The van der Waals surface area contributed by atoms with Crippen LogP contribution in [-0.4, -0.2) is 33.1 Å². The summed E-state index contributed by atoms with van der Waals surface area (Å²) in [4.78, 5) is 0. The van der Waals surface area contributed by atoms with Gasteiger partial charge < -0.3 is 15.3 Å². The third kappa shape index (κ3) is 6.61. The molecule has 0 aliphatic heterocycles. The first-order valence-corrected chi connectivity index (χ1v) is 13.7. The molecule has 0 heterocycles. The van der Waals surface area contributed by atoms with Crippen molar-refractivity contribution in [3.05, 3.63) is 34.9 Å². The maximum Gasteiger partial charge on any atom is 0.0812 e. The molecule has 0 aromatic heterocycles. The monoisotopic (exact) mass is 458 g/mol. The Balaban J connectivity index is 1.61. The van der Waals surface area contributed by atoms with Crippen LogP contribution in [0, 0.1) is 23.2 Å². The maximum absolute atomic E-state index is 10.4. The van der Waals surface area contributed by atoms with Crippen LogP contribution in [0.25, 0.3) is 0 Å². The van der Waals surface area contributed by atoms with Gasteiger partial charge in [-0.2, -0.15) is 0 Å². The lowest BCUT2D eigenvalue weighted by Gasteiger charge is -2.44. The van der Waals surface area contributed by atoms with E-state index in [1.807, 2.05) is 26.8 Å². The number of aliphatic hydroxyl groups is 3. The number of rotatable bonds is 8. The van der Waals surface area contributed by atoms with E-state index >= 15 is 0 Å². The topological polar surface area (TPSA) is 60.7 Å². The zero-order chi connectivity index (χ0) is 24.2. The van der Waals surface area contributed by atoms with Crippen LogP contribution in [0.5, 0.6) is 0 Å². The van der Waals surface area contributed by atoms with Crippen molar-refractivity contribution in [2.45, 2.75) is 129 Å². The zero-order valence-electron chi connectivity index (χ0n) is 21.9. The second-order valence-electron chi connectivity index (χ2n) is 12.2. The average Bonchev–Trinajstić information content (AvgIpc) is 3.07. The van der Waals surface area contributed by atoms with Crippen molar-refractivity contribution < 1.29 is 15.3 Å². The molecule has 0 spiro atoms. The minimum Gasteiger partial charge on any atom is -0.390 e. The van der Waals surface area contributed by atoms with Crippen molar-refractivity contribution in [3.63, 3.8) is 0 Å². The number of hydrogen-bond acceptors (Lipinski definition) is 3. The number of hydrogen-bond donors (Lipinski definition) is 3. The summed E-state index contributed by atoms with van der Waals surface area (Å²) < 4.78 is 0. The smallest absolute Gasteiger partial charge is 0.0812 e. The second-order valence-corrected chi connectivity index (χ2v) is 12.2. The number of fused-ring (bicyclic) bond motifs is 1. The highest BCUT2D eigenvalue weighted by Gasteiger charge is 2.50.